The molecule has 0 aliphatic heterocycles. The van der Waals surface area contributed by atoms with Gasteiger partial charge in [0.05, 0.1) is 16.7 Å². The lowest BCUT2D eigenvalue weighted by molar-refractivity contribution is 0.485. The van der Waals surface area contributed by atoms with E-state index in [2.05, 4.69) is 36.6 Å². The molecule has 15 heavy (non-hydrogen) atoms. The lowest BCUT2D eigenvalue weighted by atomic mass is 10.2. The van der Waals surface area contributed by atoms with Crippen LogP contribution in [-0.4, -0.2) is 14.8 Å². The predicted molar refractivity (Wildman–Crippen MR) is 67.1 cm³/mol. The molecule has 0 spiro atoms. The Labute approximate surface area is 96.7 Å². The molecule has 0 saturated carbocycles. The molecule has 1 unspecified atom stereocenters. The normalized spacial score (nSPS) is 12.7. The van der Waals surface area contributed by atoms with Crippen LogP contribution in [0.15, 0.2) is 6.07 Å². The summed E-state index contributed by atoms with van der Waals surface area (Å²) in [4.78, 5) is 0.554. The monoisotopic (exact) mass is 225 g/mol. The fourth-order valence-corrected chi connectivity index (χ4v) is 1.93. The van der Waals surface area contributed by atoms with Gasteiger partial charge in [0.15, 0.2) is 0 Å². The summed E-state index contributed by atoms with van der Waals surface area (Å²) in [7, 11) is 0. The third-order valence-corrected chi connectivity index (χ3v) is 2.67. The van der Waals surface area contributed by atoms with Gasteiger partial charge in [-0.25, -0.2) is 0 Å². The van der Waals surface area contributed by atoms with E-state index >= 15 is 0 Å². The highest BCUT2D eigenvalue weighted by molar-refractivity contribution is 7.80. The van der Waals surface area contributed by atoms with Gasteiger partial charge >= 0.3 is 0 Å². The molecule has 0 radical (unpaired) electrons. The molecule has 1 aromatic heterocycles. The summed E-state index contributed by atoms with van der Waals surface area (Å²) in [6, 6.07) is 2.42. The lowest BCUT2D eigenvalue weighted by Crippen LogP contribution is -2.18. The Balaban J connectivity index is 2.90. The van der Waals surface area contributed by atoms with Gasteiger partial charge in [0.2, 0.25) is 0 Å². The molecule has 0 amide bonds. The van der Waals surface area contributed by atoms with Crippen molar-refractivity contribution in [2.24, 2.45) is 5.73 Å². The molecule has 0 aliphatic rings. The molecular formula is C11H19N3S. The zero-order valence-corrected chi connectivity index (χ0v) is 10.5. The summed E-state index contributed by atoms with van der Waals surface area (Å²) in [6.45, 7) is 6.36. The van der Waals surface area contributed by atoms with Crippen LogP contribution in [0.25, 0.3) is 0 Å². The van der Waals surface area contributed by atoms with Gasteiger partial charge in [0, 0.05) is 12.1 Å². The van der Waals surface area contributed by atoms with Crippen molar-refractivity contribution in [3.8, 4) is 0 Å². The second-order valence-corrected chi connectivity index (χ2v) is 4.32. The molecule has 4 heteroatoms. The van der Waals surface area contributed by atoms with Crippen LogP contribution in [0.2, 0.25) is 0 Å². The van der Waals surface area contributed by atoms with Gasteiger partial charge in [-0.05, 0) is 25.8 Å². The van der Waals surface area contributed by atoms with E-state index in [-0.39, 0.29) is 6.04 Å². The average Bonchev–Trinajstić information content (AvgIpc) is 2.59. The minimum absolute atomic E-state index is 0.262. The SMILES string of the molecule is CCc1cc(CC)n(C(C)CC(N)=S)n1. The summed E-state index contributed by atoms with van der Waals surface area (Å²) in [6.07, 6.45) is 2.68. The molecule has 3 nitrogen and oxygen atoms in total. The first kappa shape index (κ1) is 12.2. The topological polar surface area (TPSA) is 43.8 Å². The number of nitrogens with zero attached hydrogens (tertiary/aromatic N) is 2. The molecule has 0 bridgehead atoms. The van der Waals surface area contributed by atoms with Gasteiger partial charge in [-0.1, -0.05) is 26.1 Å². The highest BCUT2D eigenvalue weighted by atomic mass is 32.1. The van der Waals surface area contributed by atoms with Crippen molar-refractivity contribution in [1.29, 1.82) is 0 Å². The molecule has 2 N–H and O–H groups in total. The number of aryl methyl sites for hydroxylation is 2. The zero-order valence-electron chi connectivity index (χ0n) is 9.66. The van der Waals surface area contributed by atoms with E-state index in [0.29, 0.717) is 11.4 Å². The van der Waals surface area contributed by atoms with Crippen molar-refractivity contribution in [3.05, 3.63) is 17.5 Å². The fourth-order valence-electron chi connectivity index (χ4n) is 1.69. The quantitative estimate of drug-likeness (QED) is 0.782. The maximum atomic E-state index is 5.55. The number of thiocarbonyl (C=S) groups is 1. The first-order valence-corrected chi connectivity index (χ1v) is 5.84. The highest BCUT2D eigenvalue weighted by Crippen LogP contribution is 2.15. The molecule has 1 aromatic rings. The molecular weight excluding hydrogens is 206 g/mol. The van der Waals surface area contributed by atoms with Crippen molar-refractivity contribution in [2.75, 3.05) is 0 Å². The summed E-state index contributed by atoms with van der Waals surface area (Å²) < 4.78 is 2.05. The van der Waals surface area contributed by atoms with Crippen LogP contribution in [0.4, 0.5) is 0 Å². The van der Waals surface area contributed by atoms with E-state index < -0.39 is 0 Å². The Hall–Kier alpha value is -0.900. The molecule has 0 saturated heterocycles. The highest BCUT2D eigenvalue weighted by Gasteiger charge is 2.12. The molecule has 0 aliphatic carbocycles. The van der Waals surface area contributed by atoms with E-state index in [1.165, 1.54) is 5.69 Å². The molecule has 84 valence electrons. The van der Waals surface area contributed by atoms with Gasteiger partial charge in [0.1, 0.15) is 0 Å². The van der Waals surface area contributed by atoms with Gasteiger partial charge in [0.25, 0.3) is 0 Å². The molecule has 1 rings (SSSR count). The van der Waals surface area contributed by atoms with Crippen LogP contribution < -0.4 is 5.73 Å². The van der Waals surface area contributed by atoms with Crippen molar-refractivity contribution in [3.63, 3.8) is 0 Å². The van der Waals surface area contributed by atoms with E-state index in [1.807, 2.05) is 0 Å². The third-order valence-electron chi connectivity index (χ3n) is 2.50. The smallest absolute Gasteiger partial charge is 0.0748 e. The van der Waals surface area contributed by atoms with Gasteiger partial charge in [-0.2, -0.15) is 5.10 Å². The fraction of sp³-hybridized carbons (Fsp3) is 0.636. The Kier molecular flexibility index (Phi) is 4.27. The van der Waals surface area contributed by atoms with Crippen molar-refractivity contribution < 1.29 is 0 Å². The van der Waals surface area contributed by atoms with Crippen LogP contribution in [0.3, 0.4) is 0 Å². The van der Waals surface area contributed by atoms with E-state index in [0.717, 1.165) is 18.5 Å². The summed E-state index contributed by atoms with van der Waals surface area (Å²) in [5.74, 6) is 0. The van der Waals surface area contributed by atoms with Crippen LogP contribution in [0.5, 0.6) is 0 Å². The Morgan fingerprint density at radius 3 is 2.67 bits per heavy atom. The Morgan fingerprint density at radius 1 is 1.53 bits per heavy atom. The molecule has 1 atom stereocenters. The van der Waals surface area contributed by atoms with Crippen LogP contribution in [0.1, 0.15) is 44.6 Å². The summed E-state index contributed by atoms with van der Waals surface area (Å²) in [5.41, 5.74) is 7.95. The second-order valence-electron chi connectivity index (χ2n) is 3.80. The first-order valence-electron chi connectivity index (χ1n) is 5.44. The lowest BCUT2D eigenvalue weighted by Gasteiger charge is -2.14. The molecule has 0 aromatic carbocycles. The third kappa shape index (κ3) is 3.02. The second kappa shape index (κ2) is 5.26. The van der Waals surface area contributed by atoms with Crippen LogP contribution >= 0.6 is 12.2 Å². The average molecular weight is 225 g/mol. The van der Waals surface area contributed by atoms with E-state index in [1.54, 1.807) is 0 Å². The maximum Gasteiger partial charge on any atom is 0.0748 e. The minimum Gasteiger partial charge on any atom is -0.393 e. The van der Waals surface area contributed by atoms with E-state index in [4.69, 9.17) is 18.0 Å². The number of hydrogen-bond donors (Lipinski definition) is 1. The number of nitrogens with two attached hydrogens (primary N) is 1. The maximum absolute atomic E-state index is 5.55. The first-order chi connectivity index (χ1) is 7.08. The predicted octanol–water partition coefficient (Wildman–Crippen LogP) is 2.25. The van der Waals surface area contributed by atoms with Crippen molar-refractivity contribution >= 4 is 17.2 Å². The minimum atomic E-state index is 0.262. The van der Waals surface area contributed by atoms with Crippen LogP contribution in [-0.2, 0) is 12.8 Å². The number of rotatable bonds is 5. The zero-order chi connectivity index (χ0) is 11.4. The van der Waals surface area contributed by atoms with Crippen molar-refractivity contribution in [2.45, 2.75) is 46.1 Å². The van der Waals surface area contributed by atoms with Gasteiger partial charge < -0.3 is 5.73 Å². The van der Waals surface area contributed by atoms with Crippen molar-refractivity contribution in [1.82, 2.24) is 9.78 Å². The standard InChI is InChI=1S/C11H19N3S/c1-4-9-7-10(5-2)14(13-9)8(3)6-11(12)15/h7-8H,4-6H2,1-3H3,(H2,12,15). The largest absolute Gasteiger partial charge is 0.393 e. The summed E-state index contributed by atoms with van der Waals surface area (Å²) >= 11 is 4.92. The van der Waals surface area contributed by atoms with Crippen LogP contribution in [0, 0.1) is 0 Å². The summed E-state index contributed by atoms with van der Waals surface area (Å²) in [5, 5.41) is 4.55. The van der Waals surface area contributed by atoms with Gasteiger partial charge in [-0.15, -0.1) is 0 Å². The molecule has 1 heterocycles. The Morgan fingerprint density at radius 2 is 2.20 bits per heavy atom. The molecule has 0 fully saturated rings. The Bertz CT molecular complexity index is 344. The van der Waals surface area contributed by atoms with E-state index in [9.17, 15) is 0 Å². The van der Waals surface area contributed by atoms with Gasteiger partial charge in [-0.3, -0.25) is 4.68 Å². The number of hydrogen-bond acceptors (Lipinski definition) is 2. The number of aromatic nitrogens is 2.